The van der Waals surface area contributed by atoms with Crippen LogP contribution in [0.25, 0.3) is 0 Å². The van der Waals surface area contributed by atoms with E-state index in [0.29, 0.717) is 19.3 Å². The van der Waals surface area contributed by atoms with Crippen LogP contribution in [0.5, 0.6) is 0 Å². The van der Waals surface area contributed by atoms with Crippen molar-refractivity contribution in [2.75, 3.05) is 13.2 Å². The van der Waals surface area contributed by atoms with Crippen molar-refractivity contribution in [3.63, 3.8) is 0 Å². The Hall–Kier alpha value is -3.15. The molecule has 0 aliphatic carbocycles. The van der Waals surface area contributed by atoms with Crippen molar-refractivity contribution in [1.29, 1.82) is 0 Å². The Kier molecular flexibility index (Phi) is 68.6. The van der Waals surface area contributed by atoms with Crippen LogP contribution >= 0.6 is 0 Å². The lowest BCUT2D eigenvalue weighted by molar-refractivity contribution is -0.167. The minimum Gasteiger partial charge on any atom is -0.462 e. The molecule has 0 spiro atoms. The first-order valence-corrected chi connectivity index (χ1v) is 36.4. The number of unbranched alkanes of at least 4 members (excludes halogenated alkanes) is 44. The summed E-state index contributed by atoms with van der Waals surface area (Å²) in [4.78, 5) is 38.4. The van der Waals surface area contributed by atoms with Gasteiger partial charge < -0.3 is 14.2 Å². The highest BCUT2D eigenvalue weighted by Gasteiger charge is 2.19. The van der Waals surface area contributed by atoms with Crippen molar-refractivity contribution < 1.29 is 28.6 Å². The summed E-state index contributed by atoms with van der Waals surface area (Å²) in [6.07, 6.45) is 93.7. The Morgan fingerprint density at radius 1 is 0.253 bits per heavy atom. The fourth-order valence-electron chi connectivity index (χ4n) is 10.8. The van der Waals surface area contributed by atoms with Crippen LogP contribution in [0.2, 0.25) is 0 Å². The molecule has 6 nitrogen and oxygen atoms in total. The molecule has 1 unspecified atom stereocenters. The van der Waals surface area contributed by atoms with Gasteiger partial charge in [0.2, 0.25) is 0 Å². The van der Waals surface area contributed by atoms with Crippen LogP contribution in [0.3, 0.4) is 0 Å². The Balaban J connectivity index is 4.16. The summed E-state index contributed by atoms with van der Waals surface area (Å²) in [7, 11) is 0. The van der Waals surface area contributed by atoms with E-state index in [2.05, 4.69) is 93.7 Å². The molecule has 0 aliphatic heterocycles. The SMILES string of the molecule is CC/C=C\C/C=C\C/C=C\C/C=C\CCCCCCCCCCCCCCCCCCCCCCC(=O)OCC(COC(=O)CCCCCCCCCCCCCCCCC)OC(=O)CCCCCCCCC/C=C\C/C=C\CCCCC. The van der Waals surface area contributed by atoms with Crippen LogP contribution in [0.1, 0.15) is 380 Å². The van der Waals surface area contributed by atoms with E-state index in [1.807, 2.05) is 0 Å². The minimum atomic E-state index is -0.777. The van der Waals surface area contributed by atoms with Gasteiger partial charge in [0.1, 0.15) is 13.2 Å². The molecule has 0 fully saturated rings. The maximum absolute atomic E-state index is 12.9. The minimum absolute atomic E-state index is 0.0720. The molecular formula is C77H138O6. The van der Waals surface area contributed by atoms with E-state index in [1.165, 1.54) is 244 Å². The summed E-state index contributed by atoms with van der Waals surface area (Å²) in [5.41, 5.74) is 0. The number of allylic oxidation sites excluding steroid dienone is 12. The molecule has 0 saturated carbocycles. The zero-order valence-electron chi connectivity index (χ0n) is 55.5. The van der Waals surface area contributed by atoms with E-state index >= 15 is 0 Å². The molecule has 0 bridgehead atoms. The zero-order chi connectivity index (χ0) is 59.9. The molecule has 83 heavy (non-hydrogen) atoms. The number of esters is 3. The third-order valence-corrected chi connectivity index (χ3v) is 16.2. The fraction of sp³-hybridized carbons (Fsp3) is 0.805. The molecule has 0 aliphatic rings. The van der Waals surface area contributed by atoms with Gasteiger partial charge in [-0.2, -0.15) is 0 Å². The molecule has 0 aromatic rings. The number of hydrogen-bond donors (Lipinski definition) is 0. The largest absolute Gasteiger partial charge is 0.462 e. The summed E-state index contributed by atoms with van der Waals surface area (Å²) in [6, 6.07) is 0. The summed E-state index contributed by atoms with van der Waals surface area (Å²) < 4.78 is 17.0. The topological polar surface area (TPSA) is 78.9 Å². The second kappa shape index (κ2) is 71.3. The third-order valence-electron chi connectivity index (χ3n) is 16.2. The summed E-state index contributed by atoms with van der Waals surface area (Å²) in [5.74, 6) is -0.854. The Bertz CT molecular complexity index is 1520. The van der Waals surface area contributed by atoms with Gasteiger partial charge in [-0.15, -0.1) is 0 Å². The molecule has 0 heterocycles. The number of carbonyl (C=O) groups is 3. The van der Waals surface area contributed by atoms with Crippen LogP contribution < -0.4 is 0 Å². The van der Waals surface area contributed by atoms with Gasteiger partial charge in [-0.25, -0.2) is 0 Å². The quantitative estimate of drug-likeness (QED) is 0.0261. The monoisotopic (exact) mass is 1160 g/mol. The molecule has 0 aromatic heterocycles. The first-order chi connectivity index (χ1) is 41.0. The molecule has 0 radical (unpaired) electrons. The van der Waals surface area contributed by atoms with Gasteiger partial charge in [-0.05, 0) is 89.9 Å². The molecule has 0 saturated heterocycles. The molecule has 6 heteroatoms. The molecule has 482 valence electrons. The van der Waals surface area contributed by atoms with Crippen molar-refractivity contribution in [2.24, 2.45) is 0 Å². The van der Waals surface area contributed by atoms with Crippen LogP contribution in [-0.2, 0) is 28.6 Å². The van der Waals surface area contributed by atoms with Crippen LogP contribution in [-0.4, -0.2) is 37.2 Å². The number of carbonyl (C=O) groups excluding carboxylic acids is 3. The predicted molar refractivity (Wildman–Crippen MR) is 362 cm³/mol. The Morgan fingerprint density at radius 3 is 0.759 bits per heavy atom. The molecule has 0 amide bonds. The third kappa shape index (κ3) is 69.5. The van der Waals surface area contributed by atoms with E-state index in [4.69, 9.17) is 14.2 Å². The normalized spacial score (nSPS) is 12.5. The van der Waals surface area contributed by atoms with Crippen molar-refractivity contribution in [1.82, 2.24) is 0 Å². The molecule has 1 atom stereocenters. The Morgan fingerprint density at radius 2 is 0.470 bits per heavy atom. The highest BCUT2D eigenvalue weighted by molar-refractivity contribution is 5.71. The van der Waals surface area contributed by atoms with E-state index in [-0.39, 0.29) is 31.1 Å². The smallest absolute Gasteiger partial charge is 0.306 e. The van der Waals surface area contributed by atoms with Crippen LogP contribution in [0.15, 0.2) is 72.9 Å². The lowest BCUT2D eigenvalue weighted by Crippen LogP contribution is -2.30. The second-order valence-corrected chi connectivity index (χ2v) is 24.5. The van der Waals surface area contributed by atoms with Crippen LogP contribution in [0.4, 0.5) is 0 Å². The number of rotatable bonds is 67. The van der Waals surface area contributed by atoms with Gasteiger partial charge in [0.15, 0.2) is 6.10 Å². The van der Waals surface area contributed by atoms with Gasteiger partial charge in [-0.1, -0.05) is 344 Å². The summed E-state index contributed by atoms with van der Waals surface area (Å²) >= 11 is 0. The fourth-order valence-corrected chi connectivity index (χ4v) is 10.8. The lowest BCUT2D eigenvalue weighted by atomic mass is 10.0. The van der Waals surface area contributed by atoms with Gasteiger partial charge in [-0.3, -0.25) is 14.4 Å². The van der Waals surface area contributed by atoms with E-state index < -0.39 is 6.10 Å². The van der Waals surface area contributed by atoms with Gasteiger partial charge in [0.25, 0.3) is 0 Å². The van der Waals surface area contributed by atoms with Crippen molar-refractivity contribution >= 4 is 17.9 Å². The zero-order valence-corrected chi connectivity index (χ0v) is 55.5. The van der Waals surface area contributed by atoms with Crippen molar-refractivity contribution in [2.45, 2.75) is 386 Å². The predicted octanol–water partition coefficient (Wildman–Crippen LogP) is 25.2. The first-order valence-electron chi connectivity index (χ1n) is 36.4. The van der Waals surface area contributed by atoms with Gasteiger partial charge in [0.05, 0.1) is 0 Å². The molecule has 0 N–H and O–H groups in total. The van der Waals surface area contributed by atoms with E-state index in [9.17, 15) is 14.4 Å². The average molecular weight is 1160 g/mol. The molecule has 0 rings (SSSR count). The van der Waals surface area contributed by atoms with Crippen molar-refractivity contribution in [3.8, 4) is 0 Å². The van der Waals surface area contributed by atoms with Gasteiger partial charge >= 0.3 is 17.9 Å². The first kappa shape index (κ1) is 79.8. The van der Waals surface area contributed by atoms with Crippen molar-refractivity contribution in [3.05, 3.63) is 72.9 Å². The van der Waals surface area contributed by atoms with E-state index in [0.717, 1.165) is 96.3 Å². The summed E-state index contributed by atoms with van der Waals surface area (Å²) in [5, 5.41) is 0. The number of ether oxygens (including phenoxy) is 3. The highest BCUT2D eigenvalue weighted by atomic mass is 16.6. The summed E-state index contributed by atoms with van der Waals surface area (Å²) in [6.45, 7) is 6.56. The lowest BCUT2D eigenvalue weighted by Gasteiger charge is -2.18. The van der Waals surface area contributed by atoms with E-state index in [1.54, 1.807) is 0 Å². The highest BCUT2D eigenvalue weighted by Crippen LogP contribution is 2.18. The maximum Gasteiger partial charge on any atom is 0.306 e. The average Bonchev–Trinajstić information content (AvgIpc) is 3.49. The van der Waals surface area contributed by atoms with Crippen LogP contribution in [0, 0.1) is 0 Å². The Labute approximate surface area is 516 Å². The molecule has 0 aromatic carbocycles. The second-order valence-electron chi connectivity index (χ2n) is 24.5. The van der Waals surface area contributed by atoms with Gasteiger partial charge in [0, 0.05) is 19.3 Å². The number of hydrogen-bond acceptors (Lipinski definition) is 6. The molecular weight excluding hydrogens is 1020 g/mol. The maximum atomic E-state index is 12.9. The standard InChI is InChI=1S/C77H138O6/c1-4-7-10-13-16-19-22-25-28-30-31-32-33-34-35-36-37-38-39-40-41-42-43-44-45-47-49-52-55-58-61-64-67-70-76(79)82-73-74(72-81-75(78)69-66-63-60-57-54-51-48-27-24-21-18-15-12-9-6-3)83-77(80)71-68-65-62-59-56-53-50-46-29-26-23-20-17-14-11-8-5-2/h7,10,16-17,19-20,25-26,28-29,31-32,74H,4-6,8-9,11-15,18,21-24,27,30,33-73H2,1-3H3/b10-7-,19-16-,20-17-,28-25-,29-26-,32-31-.